The monoisotopic (exact) mass is 348 g/mol. The largest absolute Gasteiger partial charge is 0.370 e. The number of nitrogens with zero attached hydrogens (tertiary/aromatic N) is 1. The summed E-state index contributed by atoms with van der Waals surface area (Å²) in [6.07, 6.45) is 0. The number of rotatable bonds is 4. The predicted molar refractivity (Wildman–Crippen MR) is 79.4 cm³/mol. The predicted octanol–water partition coefficient (Wildman–Crippen LogP) is 0.828. The third-order valence-electron chi connectivity index (χ3n) is 1.97. The van der Waals surface area contributed by atoms with Crippen LogP contribution in [0.3, 0.4) is 0 Å². The number of nitrogens with one attached hydrogen (secondary N) is 1. The minimum Gasteiger partial charge on any atom is -0.370 e. The summed E-state index contributed by atoms with van der Waals surface area (Å²) in [5.41, 5.74) is 12.0. The molecule has 0 aliphatic rings. The van der Waals surface area contributed by atoms with Gasteiger partial charge in [0.05, 0.1) is 6.54 Å². The van der Waals surface area contributed by atoms with Crippen LogP contribution in [0.15, 0.2) is 29.3 Å². The lowest BCUT2D eigenvalue weighted by Gasteiger charge is -2.03. The van der Waals surface area contributed by atoms with Gasteiger partial charge in [0.1, 0.15) is 0 Å². The Morgan fingerprint density at radius 2 is 2.12 bits per heavy atom. The van der Waals surface area contributed by atoms with E-state index in [9.17, 15) is 4.79 Å². The molecule has 0 saturated carbocycles. The Hall–Kier alpha value is -1.31. The number of carbonyl (C=O) groups is 1. The van der Waals surface area contributed by atoms with Gasteiger partial charge in [-0.3, -0.25) is 4.79 Å². The van der Waals surface area contributed by atoms with Crippen molar-refractivity contribution in [2.75, 3.05) is 6.54 Å². The molecule has 0 saturated heterocycles. The summed E-state index contributed by atoms with van der Waals surface area (Å²) >= 11 is 0. The van der Waals surface area contributed by atoms with Gasteiger partial charge in [-0.15, -0.1) is 24.0 Å². The fourth-order valence-corrected chi connectivity index (χ4v) is 1.26. The van der Waals surface area contributed by atoms with E-state index in [1.165, 1.54) is 0 Å². The molecule has 0 unspecified atom stereocenters. The highest BCUT2D eigenvalue weighted by Gasteiger charge is 2.03. The van der Waals surface area contributed by atoms with Crippen molar-refractivity contribution in [1.29, 1.82) is 0 Å². The van der Waals surface area contributed by atoms with Crippen molar-refractivity contribution < 1.29 is 4.79 Å². The zero-order valence-corrected chi connectivity index (χ0v) is 12.0. The van der Waals surface area contributed by atoms with Crippen LogP contribution in [0, 0.1) is 0 Å². The van der Waals surface area contributed by atoms with Gasteiger partial charge in [-0.05, 0) is 24.6 Å². The van der Waals surface area contributed by atoms with Crippen molar-refractivity contribution >= 4 is 35.8 Å². The van der Waals surface area contributed by atoms with Gasteiger partial charge in [0, 0.05) is 12.1 Å². The first-order valence-corrected chi connectivity index (χ1v) is 5.06. The number of carbonyl (C=O) groups excluding carboxylic acids is 1. The maximum absolute atomic E-state index is 11.5. The van der Waals surface area contributed by atoms with Gasteiger partial charge in [-0.1, -0.05) is 12.1 Å². The minimum absolute atomic E-state index is 0. The van der Waals surface area contributed by atoms with Crippen LogP contribution in [0.2, 0.25) is 0 Å². The quantitative estimate of drug-likeness (QED) is 0.427. The molecule has 0 aromatic heterocycles. The van der Waals surface area contributed by atoms with E-state index in [1.54, 1.807) is 12.1 Å². The molecule has 0 bridgehead atoms. The number of hydrogen-bond acceptors (Lipinski definition) is 2. The molecule has 0 spiro atoms. The first kappa shape index (κ1) is 15.7. The Balaban J connectivity index is 0.00000256. The van der Waals surface area contributed by atoms with E-state index >= 15 is 0 Å². The second-order valence-corrected chi connectivity index (χ2v) is 3.30. The van der Waals surface area contributed by atoms with E-state index in [0.717, 1.165) is 5.56 Å². The van der Waals surface area contributed by atoms with Gasteiger partial charge in [0.25, 0.3) is 5.91 Å². The van der Waals surface area contributed by atoms with E-state index in [4.69, 9.17) is 11.5 Å². The first-order chi connectivity index (χ1) is 7.63. The number of guanidine groups is 1. The van der Waals surface area contributed by atoms with E-state index in [1.807, 2.05) is 19.1 Å². The third-order valence-corrected chi connectivity index (χ3v) is 1.97. The summed E-state index contributed by atoms with van der Waals surface area (Å²) < 4.78 is 0. The highest BCUT2D eigenvalue weighted by Crippen LogP contribution is 2.06. The molecule has 1 aromatic carbocycles. The highest BCUT2D eigenvalue weighted by molar-refractivity contribution is 14.0. The molecule has 0 radical (unpaired) electrons. The van der Waals surface area contributed by atoms with Crippen LogP contribution in [0.1, 0.15) is 22.8 Å². The van der Waals surface area contributed by atoms with Crippen molar-refractivity contribution in [3.8, 4) is 0 Å². The lowest BCUT2D eigenvalue weighted by Crippen LogP contribution is -2.23. The van der Waals surface area contributed by atoms with Crippen LogP contribution >= 0.6 is 24.0 Å². The summed E-state index contributed by atoms with van der Waals surface area (Å²) in [5, 5.41) is 2.73. The number of nitrogens with two attached hydrogens (primary N) is 2. The molecule has 1 rings (SSSR count). The topological polar surface area (TPSA) is 93.5 Å². The van der Waals surface area contributed by atoms with Gasteiger partial charge in [0.2, 0.25) is 0 Å². The number of amides is 1. The van der Waals surface area contributed by atoms with E-state index in [-0.39, 0.29) is 35.8 Å². The lowest BCUT2D eigenvalue weighted by atomic mass is 10.1. The highest BCUT2D eigenvalue weighted by atomic mass is 127. The molecule has 1 aromatic rings. The average Bonchev–Trinajstić information content (AvgIpc) is 2.27. The molecule has 6 heteroatoms. The van der Waals surface area contributed by atoms with E-state index in [2.05, 4.69) is 10.3 Å². The molecule has 0 fully saturated rings. The van der Waals surface area contributed by atoms with Crippen molar-refractivity contribution in [3.63, 3.8) is 0 Å². The van der Waals surface area contributed by atoms with Crippen LogP contribution in [0.5, 0.6) is 0 Å². The Labute approximate surface area is 118 Å². The van der Waals surface area contributed by atoms with Crippen molar-refractivity contribution in [3.05, 3.63) is 35.4 Å². The molecule has 0 aliphatic heterocycles. The maximum atomic E-state index is 11.5. The summed E-state index contributed by atoms with van der Waals surface area (Å²) in [5.74, 6) is -0.0440. The summed E-state index contributed by atoms with van der Waals surface area (Å²) in [7, 11) is 0. The van der Waals surface area contributed by atoms with Crippen molar-refractivity contribution in [2.24, 2.45) is 16.5 Å². The second-order valence-electron chi connectivity index (χ2n) is 3.30. The van der Waals surface area contributed by atoms with Gasteiger partial charge in [-0.2, -0.15) is 0 Å². The molecular formula is C11H17IN4O. The van der Waals surface area contributed by atoms with Crippen LogP contribution in [0.25, 0.3) is 0 Å². The summed E-state index contributed by atoms with van der Waals surface area (Å²) in [4.78, 5) is 15.4. The zero-order valence-electron chi connectivity index (χ0n) is 9.64. The second kappa shape index (κ2) is 7.88. The number of benzene rings is 1. The summed E-state index contributed by atoms with van der Waals surface area (Å²) in [6, 6.07) is 7.21. The number of halogens is 1. The Morgan fingerprint density at radius 3 is 2.71 bits per heavy atom. The molecule has 0 atom stereocenters. The fraction of sp³-hybridized carbons (Fsp3) is 0.273. The molecular weight excluding hydrogens is 331 g/mol. The zero-order chi connectivity index (χ0) is 12.0. The van der Waals surface area contributed by atoms with E-state index in [0.29, 0.717) is 18.7 Å². The van der Waals surface area contributed by atoms with Crippen LogP contribution in [-0.4, -0.2) is 18.4 Å². The van der Waals surface area contributed by atoms with Gasteiger partial charge < -0.3 is 16.8 Å². The average molecular weight is 348 g/mol. The first-order valence-electron chi connectivity index (χ1n) is 5.06. The Bertz CT molecular complexity index is 402. The van der Waals surface area contributed by atoms with Gasteiger partial charge >= 0.3 is 0 Å². The molecule has 0 heterocycles. The molecule has 5 N–H and O–H groups in total. The normalized spacial score (nSPS) is 9.00. The standard InChI is InChI=1S/C11H16N4O.HI/c1-2-14-10(16)9-5-3-4-8(6-9)7-15-11(12)13;/h3-6H,2,7H2,1H3,(H,14,16)(H4,12,13,15);1H. The maximum Gasteiger partial charge on any atom is 0.251 e. The SMILES string of the molecule is CCNC(=O)c1cccc(CN=C(N)N)c1.I. The van der Waals surface area contributed by atoms with Crippen molar-refractivity contribution in [2.45, 2.75) is 13.5 Å². The summed E-state index contributed by atoms with van der Waals surface area (Å²) in [6.45, 7) is 2.87. The third kappa shape index (κ3) is 5.53. The Kier molecular flexibility index (Phi) is 7.27. The number of hydrogen-bond donors (Lipinski definition) is 3. The molecule has 17 heavy (non-hydrogen) atoms. The molecule has 1 amide bonds. The minimum atomic E-state index is -0.0888. The fourth-order valence-electron chi connectivity index (χ4n) is 1.26. The number of aliphatic imine (C=N–C) groups is 1. The van der Waals surface area contributed by atoms with Gasteiger partial charge in [0.15, 0.2) is 5.96 Å². The van der Waals surface area contributed by atoms with Gasteiger partial charge in [-0.25, -0.2) is 4.99 Å². The van der Waals surface area contributed by atoms with E-state index < -0.39 is 0 Å². The molecule has 5 nitrogen and oxygen atoms in total. The van der Waals surface area contributed by atoms with Crippen LogP contribution in [-0.2, 0) is 6.54 Å². The van der Waals surface area contributed by atoms with Crippen molar-refractivity contribution in [1.82, 2.24) is 5.32 Å². The molecule has 94 valence electrons. The Morgan fingerprint density at radius 1 is 1.41 bits per heavy atom. The van der Waals surface area contributed by atoms with Crippen LogP contribution in [0.4, 0.5) is 0 Å². The smallest absolute Gasteiger partial charge is 0.251 e. The lowest BCUT2D eigenvalue weighted by molar-refractivity contribution is 0.0955. The molecule has 0 aliphatic carbocycles. The van der Waals surface area contributed by atoms with Crippen LogP contribution < -0.4 is 16.8 Å².